The summed E-state index contributed by atoms with van der Waals surface area (Å²) in [5.74, 6) is -1.99. The van der Waals surface area contributed by atoms with E-state index in [4.69, 9.17) is 10.2 Å². The predicted molar refractivity (Wildman–Crippen MR) is 59.2 cm³/mol. The fourth-order valence-corrected chi connectivity index (χ4v) is 1.08. The number of alkyl halides is 2. The first-order valence-corrected chi connectivity index (χ1v) is 5.53. The molecule has 0 aliphatic carbocycles. The maximum absolute atomic E-state index is 10.7. The molecule has 0 rings (SSSR count). The molecule has 0 aliphatic rings. The molecule has 0 radical (unpaired) electrons. The first-order valence-electron chi connectivity index (χ1n) is 3.94. The van der Waals surface area contributed by atoms with Gasteiger partial charge >= 0.3 is 11.9 Å². The molecular weight excluding hydrogens is 320 g/mol. The van der Waals surface area contributed by atoms with E-state index in [2.05, 4.69) is 31.9 Å². The zero-order valence-electron chi connectivity index (χ0n) is 7.88. The largest absolute Gasteiger partial charge is 0.480 e. The van der Waals surface area contributed by atoms with Crippen molar-refractivity contribution in [3.63, 3.8) is 0 Å². The van der Waals surface area contributed by atoms with Gasteiger partial charge in [-0.2, -0.15) is 0 Å². The molecule has 0 bridgehead atoms. The van der Waals surface area contributed by atoms with E-state index in [0.29, 0.717) is 0 Å². The van der Waals surface area contributed by atoms with Crippen molar-refractivity contribution in [1.29, 1.82) is 0 Å². The van der Waals surface area contributed by atoms with E-state index in [1.807, 2.05) is 0 Å². The second kappa shape index (κ2) is 4.61. The van der Waals surface area contributed by atoms with Crippen molar-refractivity contribution >= 4 is 43.8 Å². The van der Waals surface area contributed by atoms with Crippen LogP contribution < -0.4 is 0 Å². The van der Waals surface area contributed by atoms with Gasteiger partial charge in [0.05, 0.1) is 0 Å². The average Bonchev–Trinajstić information content (AvgIpc) is 2.01. The van der Waals surface area contributed by atoms with Crippen LogP contribution in [0.15, 0.2) is 0 Å². The van der Waals surface area contributed by atoms with Crippen LogP contribution in [0.4, 0.5) is 0 Å². The molecule has 0 aromatic carbocycles. The minimum atomic E-state index is -1.07. The maximum atomic E-state index is 10.7. The molecule has 0 aromatic heterocycles. The summed E-state index contributed by atoms with van der Waals surface area (Å²) in [5, 5.41) is 17.5. The van der Waals surface area contributed by atoms with Gasteiger partial charge in [-0.15, -0.1) is 0 Å². The highest BCUT2D eigenvalue weighted by Crippen LogP contribution is 2.31. The summed E-state index contributed by atoms with van der Waals surface area (Å²) < 4.78 is -2.14. The molecule has 2 N–H and O–H groups in total. The number of carboxylic acids is 2. The van der Waals surface area contributed by atoms with Crippen molar-refractivity contribution in [3.8, 4) is 0 Å². The smallest absolute Gasteiger partial charge is 0.320 e. The van der Waals surface area contributed by atoms with E-state index in [1.165, 1.54) is 13.8 Å². The van der Waals surface area contributed by atoms with Gasteiger partial charge in [0.15, 0.2) is 0 Å². The van der Waals surface area contributed by atoms with Crippen LogP contribution in [0.25, 0.3) is 0 Å². The van der Waals surface area contributed by atoms with Gasteiger partial charge in [-0.3, -0.25) is 9.59 Å². The number of halogens is 2. The number of carbonyl (C=O) groups is 2. The molecule has 0 aliphatic heterocycles. The maximum Gasteiger partial charge on any atom is 0.320 e. The lowest BCUT2D eigenvalue weighted by Gasteiger charge is -2.22. The third kappa shape index (κ3) is 3.96. The lowest BCUT2D eigenvalue weighted by atomic mass is 9.98. The standard InChI is InChI=1S/C8H12Br2O4/c1-7(9,5(11)12)3-4-8(2,10)6(13)14/h3-4H2,1-2H3,(H,11,12)(H,13,14). The molecule has 82 valence electrons. The molecule has 0 saturated carbocycles. The van der Waals surface area contributed by atoms with Gasteiger partial charge in [-0.1, -0.05) is 31.9 Å². The summed E-state index contributed by atoms with van der Waals surface area (Å²) in [5.41, 5.74) is 0. The van der Waals surface area contributed by atoms with Crippen LogP contribution in [0.2, 0.25) is 0 Å². The first-order chi connectivity index (χ1) is 6.09. The molecule has 0 fully saturated rings. The highest BCUT2D eigenvalue weighted by molar-refractivity contribution is 9.10. The quantitative estimate of drug-likeness (QED) is 0.758. The Kier molecular flexibility index (Phi) is 4.58. The highest BCUT2D eigenvalue weighted by atomic mass is 79.9. The Labute approximate surface area is 98.9 Å². The average molecular weight is 332 g/mol. The second-order valence-corrected chi connectivity index (χ2v) is 7.01. The monoisotopic (exact) mass is 330 g/mol. The van der Waals surface area contributed by atoms with E-state index in [9.17, 15) is 9.59 Å². The Morgan fingerprint density at radius 3 is 1.36 bits per heavy atom. The summed E-state index contributed by atoms with van der Waals surface area (Å²) in [4.78, 5) is 21.4. The summed E-state index contributed by atoms with van der Waals surface area (Å²) in [6.45, 7) is 3.00. The summed E-state index contributed by atoms with van der Waals surface area (Å²) in [6.07, 6.45) is 0.465. The molecule has 0 saturated heterocycles. The molecule has 0 amide bonds. The van der Waals surface area contributed by atoms with Gasteiger partial charge in [0, 0.05) is 0 Å². The Balaban J connectivity index is 4.32. The molecule has 0 aromatic rings. The zero-order chi connectivity index (χ0) is 11.6. The minimum Gasteiger partial charge on any atom is -0.480 e. The van der Waals surface area contributed by atoms with Gasteiger partial charge in [0.1, 0.15) is 8.65 Å². The van der Waals surface area contributed by atoms with Crippen LogP contribution in [0, 0.1) is 0 Å². The Bertz CT molecular complexity index is 222. The van der Waals surface area contributed by atoms with Crippen molar-refractivity contribution < 1.29 is 19.8 Å². The lowest BCUT2D eigenvalue weighted by Crippen LogP contribution is -2.34. The highest BCUT2D eigenvalue weighted by Gasteiger charge is 2.36. The molecule has 4 nitrogen and oxygen atoms in total. The van der Waals surface area contributed by atoms with Crippen LogP contribution in [0.1, 0.15) is 26.7 Å². The molecular formula is C8H12Br2O4. The Morgan fingerprint density at radius 2 is 1.21 bits per heavy atom. The normalized spacial score (nSPS) is 19.4. The molecule has 2 atom stereocenters. The SMILES string of the molecule is CC(Br)(CCC(C)(Br)C(=O)O)C(=O)O. The molecule has 0 spiro atoms. The topological polar surface area (TPSA) is 74.6 Å². The minimum absolute atomic E-state index is 0.233. The number of rotatable bonds is 5. The van der Waals surface area contributed by atoms with E-state index in [0.717, 1.165) is 0 Å². The summed E-state index contributed by atoms with van der Waals surface area (Å²) in [6, 6.07) is 0. The Morgan fingerprint density at radius 1 is 1.00 bits per heavy atom. The number of hydrogen-bond acceptors (Lipinski definition) is 2. The number of hydrogen-bond donors (Lipinski definition) is 2. The van der Waals surface area contributed by atoms with Gasteiger partial charge in [0.25, 0.3) is 0 Å². The van der Waals surface area contributed by atoms with Crippen LogP contribution >= 0.6 is 31.9 Å². The van der Waals surface area contributed by atoms with E-state index >= 15 is 0 Å². The third-order valence-corrected chi connectivity index (χ3v) is 3.43. The van der Waals surface area contributed by atoms with Crippen molar-refractivity contribution in [2.24, 2.45) is 0 Å². The van der Waals surface area contributed by atoms with Crippen LogP contribution in [0.5, 0.6) is 0 Å². The van der Waals surface area contributed by atoms with Gasteiger partial charge < -0.3 is 10.2 Å². The van der Waals surface area contributed by atoms with Crippen molar-refractivity contribution in [2.75, 3.05) is 0 Å². The lowest BCUT2D eigenvalue weighted by molar-refractivity contribution is -0.141. The third-order valence-electron chi connectivity index (χ3n) is 1.96. The fraction of sp³-hybridized carbons (Fsp3) is 0.750. The Hall–Kier alpha value is -0.100. The summed E-state index contributed by atoms with van der Waals surface area (Å²) in [7, 11) is 0. The predicted octanol–water partition coefficient (Wildman–Crippen LogP) is 2.24. The van der Waals surface area contributed by atoms with Crippen LogP contribution in [0.3, 0.4) is 0 Å². The van der Waals surface area contributed by atoms with E-state index < -0.39 is 20.6 Å². The van der Waals surface area contributed by atoms with Crippen molar-refractivity contribution in [2.45, 2.75) is 35.3 Å². The van der Waals surface area contributed by atoms with E-state index in [-0.39, 0.29) is 12.8 Å². The van der Waals surface area contributed by atoms with Crippen LogP contribution in [-0.4, -0.2) is 30.8 Å². The van der Waals surface area contributed by atoms with Gasteiger partial charge in [0.2, 0.25) is 0 Å². The van der Waals surface area contributed by atoms with Crippen LogP contribution in [-0.2, 0) is 9.59 Å². The number of aliphatic carboxylic acids is 2. The molecule has 0 heterocycles. The molecule has 14 heavy (non-hydrogen) atoms. The first kappa shape index (κ1) is 13.9. The molecule has 6 heteroatoms. The second-order valence-electron chi connectivity index (χ2n) is 3.51. The van der Waals surface area contributed by atoms with Gasteiger partial charge in [-0.05, 0) is 26.7 Å². The van der Waals surface area contributed by atoms with Crippen molar-refractivity contribution in [1.82, 2.24) is 0 Å². The van der Waals surface area contributed by atoms with E-state index in [1.54, 1.807) is 0 Å². The summed E-state index contributed by atoms with van der Waals surface area (Å²) >= 11 is 6.07. The van der Waals surface area contributed by atoms with Gasteiger partial charge in [-0.25, -0.2) is 0 Å². The zero-order valence-corrected chi connectivity index (χ0v) is 11.1. The number of carboxylic acid groups (broad SMARTS) is 2. The fourth-order valence-electron chi connectivity index (χ4n) is 0.683. The molecule has 2 unspecified atom stereocenters. The van der Waals surface area contributed by atoms with Crippen molar-refractivity contribution in [3.05, 3.63) is 0 Å².